The van der Waals surface area contributed by atoms with Crippen molar-refractivity contribution in [3.05, 3.63) is 77.9 Å². The average molecular weight is 561 g/mol. The van der Waals surface area contributed by atoms with Crippen molar-refractivity contribution in [2.45, 2.75) is 78.1 Å². The second kappa shape index (κ2) is 13.3. The third kappa shape index (κ3) is 8.54. The fourth-order valence-corrected chi connectivity index (χ4v) is 4.64. The molecule has 0 aromatic heterocycles. The summed E-state index contributed by atoms with van der Waals surface area (Å²) in [6, 6.07) is 18.1. The lowest BCUT2D eigenvalue weighted by Gasteiger charge is -2.37. The Morgan fingerprint density at radius 3 is 2.17 bits per heavy atom. The molecule has 3 aromatic rings. The number of anilines is 1. The summed E-state index contributed by atoms with van der Waals surface area (Å²) >= 11 is 0. The smallest absolute Gasteiger partial charge is 0.408 e. The van der Waals surface area contributed by atoms with Crippen LogP contribution in [0.2, 0.25) is 0 Å². The van der Waals surface area contributed by atoms with Gasteiger partial charge in [-0.1, -0.05) is 54.6 Å². The van der Waals surface area contributed by atoms with Gasteiger partial charge in [0.15, 0.2) is 0 Å². The maximum absolute atomic E-state index is 14.2. The Hall–Kier alpha value is -4.40. The molecule has 0 aliphatic carbocycles. The first-order valence-electron chi connectivity index (χ1n) is 13.7. The third-order valence-electron chi connectivity index (χ3n) is 6.51. The van der Waals surface area contributed by atoms with Crippen molar-refractivity contribution >= 4 is 40.3 Å². The number of aryl methyl sites for hydroxylation is 1. The van der Waals surface area contributed by atoms with E-state index in [1.165, 1.54) is 4.90 Å². The van der Waals surface area contributed by atoms with E-state index in [1.54, 1.807) is 34.6 Å². The average Bonchev–Trinajstić information content (AvgIpc) is 2.88. The lowest BCUT2D eigenvalue weighted by Crippen LogP contribution is -2.54. The van der Waals surface area contributed by atoms with Crippen LogP contribution >= 0.6 is 0 Å². The number of rotatable bonds is 10. The molecule has 0 aliphatic heterocycles. The second-order valence-electron chi connectivity index (χ2n) is 11.4. The van der Waals surface area contributed by atoms with Crippen molar-refractivity contribution in [1.29, 1.82) is 0 Å². The van der Waals surface area contributed by atoms with E-state index in [4.69, 9.17) is 10.5 Å². The Kier molecular flexibility index (Phi) is 10.1. The number of carbonyl (C=O) groups is 4. The fraction of sp³-hybridized carbons (Fsp3) is 0.375. The summed E-state index contributed by atoms with van der Waals surface area (Å²) in [4.78, 5) is 54.0. The Morgan fingerprint density at radius 1 is 0.927 bits per heavy atom. The number of hydrogen-bond acceptors (Lipinski definition) is 5. The summed E-state index contributed by atoms with van der Waals surface area (Å²) in [6.45, 7) is 10.6. The first-order valence-corrected chi connectivity index (χ1v) is 13.7. The topological polar surface area (TPSA) is 131 Å². The van der Waals surface area contributed by atoms with Crippen LogP contribution in [0.15, 0.2) is 66.7 Å². The number of benzene rings is 3. The van der Waals surface area contributed by atoms with Gasteiger partial charge in [-0.25, -0.2) is 4.79 Å². The number of nitrogens with two attached hydrogens (primary N) is 1. The van der Waals surface area contributed by atoms with Crippen LogP contribution in [0.5, 0.6) is 0 Å². The SMILES string of the molecule is Cc1ccccc1C(C(=O)Nc1ccc2ccccc2c1)N(C(=O)C(CCC(N)=O)NC(=O)OC(C)(C)C)C(C)C. The van der Waals surface area contributed by atoms with Crippen LogP contribution < -0.4 is 16.4 Å². The van der Waals surface area contributed by atoms with Crippen LogP contribution in [0, 0.1) is 6.92 Å². The zero-order valence-corrected chi connectivity index (χ0v) is 24.6. The molecule has 218 valence electrons. The van der Waals surface area contributed by atoms with Crippen LogP contribution in [0.25, 0.3) is 10.8 Å². The summed E-state index contributed by atoms with van der Waals surface area (Å²) < 4.78 is 5.37. The normalized spacial score (nSPS) is 12.9. The fourth-order valence-electron chi connectivity index (χ4n) is 4.64. The number of carbonyl (C=O) groups excluding carboxylic acids is 4. The Labute approximate surface area is 241 Å². The van der Waals surface area contributed by atoms with E-state index in [0.717, 1.165) is 16.3 Å². The van der Waals surface area contributed by atoms with Crippen molar-refractivity contribution in [1.82, 2.24) is 10.2 Å². The van der Waals surface area contributed by atoms with E-state index in [2.05, 4.69) is 10.6 Å². The van der Waals surface area contributed by atoms with Gasteiger partial charge in [-0.2, -0.15) is 0 Å². The predicted molar refractivity (Wildman–Crippen MR) is 160 cm³/mol. The van der Waals surface area contributed by atoms with E-state index in [9.17, 15) is 19.2 Å². The van der Waals surface area contributed by atoms with Gasteiger partial charge in [-0.15, -0.1) is 0 Å². The highest BCUT2D eigenvalue weighted by atomic mass is 16.6. The summed E-state index contributed by atoms with van der Waals surface area (Å²) in [6.07, 6.45) is -1.00. The van der Waals surface area contributed by atoms with Crippen LogP contribution in [-0.4, -0.2) is 46.4 Å². The van der Waals surface area contributed by atoms with Crippen LogP contribution in [-0.2, 0) is 19.1 Å². The number of ether oxygens (including phenoxy) is 1. The molecule has 2 atom stereocenters. The zero-order valence-electron chi connectivity index (χ0n) is 24.6. The quantitative estimate of drug-likeness (QED) is 0.313. The summed E-state index contributed by atoms with van der Waals surface area (Å²) in [5, 5.41) is 7.59. The molecule has 0 heterocycles. The molecule has 9 nitrogen and oxygen atoms in total. The van der Waals surface area contributed by atoms with Crippen molar-refractivity contribution < 1.29 is 23.9 Å². The van der Waals surface area contributed by atoms with Gasteiger partial charge in [0, 0.05) is 18.2 Å². The predicted octanol–water partition coefficient (Wildman–Crippen LogP) is 5.22. The van der Waals surface area contributed by atoms with E-state index >= 15 is 0 Å². The van der Waals surface area contributed by atoms with Gasteiger partial charge in [-0.3, -0.25) is 14.4 Å². The molecule has 41 heavy (non-hydrogen) atoms. The number of nitrogens with zero attached hydrogens (tertiary/aromatic N) is 1. The molecule has 0 radical (unpaired) electrons. The van der Waals surface area contributed by atoms with Gasteiger partial charge in [0.05, 0.1) is 0 Å². The molecule has 0 spiro atoms. The van der Waals surface area contributed by atoms with Crippen LogP contribution in [0.1, 0.15) is 64.6 Å². The van der Waals surface area contributed by atoms with Crippen LogP contribution in [0.4, 0.5) is 10.5 Å². The number of primary amides is 1. The molecule has 3 aromatic carbocycles. The van der Waals surface area contributed by atoms with Crippen LogP contribution in [0.3, 0.4) is 0 Å². The summed E-state index contributed by atoms with van der Waals surface area (Å²) in [5.41, 5.74) is 6.62. The van der Waals surface area contributed by atoms with Gasteiger partial charge in [0.2, 0.25) is 11.8 Å². The minimum absolute atomic E-state index is 0.0522. The molecular formula is C32H40N4O5. The highest BCUT2D eigenvalue weighted by Gasteiger charge is 2.38. The second-order valence-corrected chi connectivity index (χ2v) is 11.4. The third-order valence-corrected chi connectivity index (χ3v) is 6.51. The van der Waals surface area contributed by atoms with Gasteiger partial charge in [0.1, 0.15) is 17.7 Å². The highest BCUT2D eigenvalue weighted by Crippen LogP contribution is 2.30. The molecule has 2 unspecified atom stereocenters. The largest absolute Gasteiger partial charge is 0.444 e. The first-order chi connectivity index (χ1) is 19.3. The Morgan fingerprint density at radius 2 is 1.56 bits per heavy atom. The number of fused-ring (bicyclic) bond motifs is 1. The summed E-state index contributed by atoms with van der Waals surface area (Å²) in [5.74, 6) is -1.56. The molecule has 3 rings (SSSR count). The van der Waals surface area contributed by atoms with Gasteiger partial charge < -0.3 is 26.0 Å². The number of nitrogens with one attached hydrogen (secondary N) is 2. The highest BCUT2D eigenvalue weighted by molar-refractivity contribution is 6.00. The molecule has 0 fully saturated rings. The van der Waals surface area contributed by atoms with Crippen molar-refractivity contribution in [2.75, 3.05) is 5.32 Å². The Bertz CT molecular complexity index is 1410. The lowest BCUT2D eigenvalue weighted by molar-refractivity contribution is -0.143. The van der Waals surface area contributed by atoms with Crippen molar-refractivity contribution in [2.24, 2.45) is 5.73 Å². The van der Waals surface area contributed by atoms with Gasteiger partial charge in [0.25, 0.3) is 5.91 Å². The number of alkyl carbamates (subject to hydrolysis) is 1. The van der Waals surface area contributed by atoms with Crippen molar-refractivity contribution in [3.63, 3.8) is 0 Å². The molecule has 4 N–H and O–H groups in total. The summed E-state index contributed by atoms with van der Waals surface area (Å²) in [7, 11) is 0. The lowest BCUT2D eigenvalue weighted by atomic mass is 9.96. The molecule has 0 saturated carbocycles. The first kappa shape index (κ1) is 31.1. The van der Waals surface area contributed by atoms with Crippen molar-refractivity contribution in [3.8, 4) is 0 Å². The maximum Gasteiger partial charge on any atom is 0.408 e. The molecular weight excluding hydrogens is 520 g/mol. The number of amides is 4. The Balaban J connectivity index is 2.03. The van der Waals surface area contributed by atoms with Gasteiger partial charge in [-0.05, 0) is 82.0 Å². The minimum atomic E-state index is -1.15. The zero-order chi connectivity index (χ0) is 30.3. The maximum atomic E-state index is 14.2. The van der Waals surface area contributed by atoms with E-state index in [-0.39, 0.29) is 12.8 Å². The van der Waals surface area contributed by atoms with E-state index in [0.29, 0.717) is 11.3 Å². The molecule has 0 aliphatic rings. The molecule has 9 heteroatoms. The van der Waals surface area contributed by atoms with E-state index < -0.39 is 47.5 Å². The molecule has 0 bridgehead atoms. The molecule has 0 saturated heterocycles. The number of hydrogen-bond donors (Lipinski definition) is 3. The monoisotopic (exact) mass is 560 g/mol. The standard InChI is InChI=1S/C32H40N4O5/c1-20(2)36(30(39)26(17-18-27(33)37)35-31(40)41-32(4,5)6)28(25-14-10-7-11-21(25)3)29(38)34-24-16-15-22-12-8-9-13-23(22)19-24/h7-16,19-20,26,28H,17-18H2,1-6H3,(H2,33,37)(H,34,38)(H,35,40). The van der Waals surface area contributed by atoms with Gasteiger partial charge >= 0.3 is 6.09 Å². The minimum Gasteiger partial charge on any atom is -0.444 e. The van der Waals surface area contributed by atoms with E-state index in [1.807, 2.05) is 73.7 Å². The molecule has 4 amide bonds.